The van der Waals surface area contributed by atoms with E-state index in [1.54, 1.807) is 19.5 Å². The van der Waals surface area contributed by atoms with Gasteiger partial charge in [-0.2, -0.15) is 0 Å². The predicted octanol–water partition coefficient (Wildman–Crippen LogP) is 4.93. The Morgan fingerprint density at radius 2 is 1.92 bits per heavy atom. The summed E-state index contributed by atoms with van der Waals surface area (Å²) in [4.78, 5) is 22.0. The first kappa shape index (κ1) is 25.0. The number of benzene rings is 2. The van der Waals surface area contributed by atoms with Crippen molar-refractivity contribution in [3.8, 4) is 11.4 Å². The topological polar surface area (TPSA) is 59.8 Å². The first-order valence-electron chi connectivity index (χ1n) is 12.8. The number of likely N-dealkylation sites (tertiary alicyclic amines) is 1. The van der Waals surface area contributed by atoms with Crippen LogP contribution in [0.25, 0.3) is 11.8 Å². The smallest absolute Gasteiger partial charge is 0.250 e. The van der Waals surface area contributed by atoms with Crippen LogP contribution in [0, 0.1) is 12.7 Å². The molecule has 7 nitrogen and oxygen atoms in total. The second-order valence-corrected chi connectivity index (χ2v) is 9.60. The molecule has 37 heavy (non-hydrogen) atoms. The average molecular weight is 505 g/mol. The van der Waals surface area contributed by atoms with E-state index in [-0.39, 0.29) is 17.8 Å². The van der Waals surface area contributed by atoms with E-state index >= 15 is 0 Å². The summed E-state index contributed by atoms with van der Waals surface area (Å²) in [7, 11) is 1.64. The molecule has 0 bridgehead atoms. The lowest BCUT2D eigenvalue weighted by Crippen LogP contribution is -2.41. The highest BCUT2D eigenvalue weighted by Gasteiger charge is 2.30. The number of amides is 1. The van der Waals surface area contributed by atoms with E-state index in [9.17, 15) is 9.18 Å². The van der Waals surface area contributed by atoms with Crippen LogP contribution in [0.5, 0.6) is 5.75 Å². The molecule has 194 valence electrons. The number of carbonyl (C=O) groups is 1. The zero-order valence-corrected chi connectivity index (χ0v) is 21.6. The first-order chi connectivity index (χ1) is 17.9. The van der Waals surface area contributed by atoms with E-state index in [2.05, 4.69) is 9.88 Å². The summed E-state index contributed by atoms with van der Waals surface area (Å²) in [5, 5.41) is 0. The summed E-state index contributed by atoms with van der Waals surface area (Å²) >= 11 is 0. The second kappa shape index (κ2) is 10.8. The molecule has 2 aliphatic rings. The van der Waals surface area contributed by atoms with Crippen LogP contribution in [0.1, 0.15) is 42.6 Å². The van der Waals surface area contributed by atoms with Gasteiger partial charge in [0.1, 0.15) is 11.6 Å². The summed E-state index contributed by atoms with van der Waals surface area (Å²) in [6.45, 7) is 7.28. The van der Waals surface area contributed by atoms with Crippen molar-refractivity contribution in [1.82, 2.24) is 14.5 Å². The Labute approximate surface area is 217 Å². The molecule has 0 spiro atoms. The zero-order chi connectivity index (χ0) is 25.9. The molecule has 1 atom stereocenters. The fourth-order valence-electron chi connectivity index (χ4n) is 5.20. The van der Waals surface area contributed by atoms with E-state index < -0.39 is 0 Å². The van der Waals surface area contributed by atoms with Crippen LogP contribution in [-0.4, -0.2) is 60.3 Å². The number of halogens is 1. The highest BCUT2D eigenvalue weighted by atomic mass is 19.1. The predicted molar refractivity (Wildman–Crippen MR) is 142 cm³/mol. The number of aryl methyl sites for hydroxylation is 1. The van der Waals surface area contributed by atoms with Crippen molar-refractivity contribution in [2.75, 3.05) is 44.9 Å². The summed E-state index contributed by atoms with van der Waals surface area (Å²) in [6, 6.07) is 10.6. The maximum atomic E-state index is 14.2. The van der Waals surface area contributed by atoms with Crippen LogP contribution in [-0.2, 0) is 9.53 Å². The van der Waals surface area contributed by atoms with E-state index in [4.69, 9.17) is 9.47 Å². The number of nitrogens with zero attached hydrogens (tertiary/aromatic N) is 4. The van der Waals surface area contributed by atoms with Gasteiger partial charge in [-0.25, -0.2) is 9.37 Å². The van der Waals surface area contributed by atoms with Crippen molar-refractivity contribution < 1.29 is 18.7 Å². The molecule has 2 fully saturated rings. The van der Waals surface area contributed by atoms with Gasteiger partial charge in [-0.05, 0) is 68.2 Å². The number of hydrogen-bond donors (Lipinski definition) is 0. The lowest BCUT2D eigenvalue weighted by molar-refractivity contribution is -0.130. The molecule has 1 aromatic heterocycles. The molecule has 0 aliphatic carbocycles. The molecule has 2 aromatic carbocycles. The first-order valence-corrected chi connectivity index (χ1v) is 12.8. The van der Waals surface area contributed by atoms with Crippen molar-refractivity contribution in [2.24, 2.45) is 0 Å². The largest absolute Gasteiger partial charge is 0.495 e. The molecule has 5 rings (SSSR count). The molecule has 3 heterocycles. The molecule has 2 aliphatic heterocycles. The molecular weight excluding hydrogens is 471 g/mol. The standard InChI is InChI=1S/C29H33FN4O3/c1-20-18-33(19-31-20)26-9-6-22(16-28(26)36-3)15-23-5-4-10-34(29(23)35)21(2)25-8-7-24(30)17-27(25)32-11-13-37-14-12-32/h6-9,15-19,21H,4-5,10-14H2,1-3H3. The lowest BCUT2D eigenvalue weighted by Gasteiger charge is -2.37. The highest BCUT2D eigenvalue weighted by Crippen LogP contribution is 2.35. The normalized spacial score (nSPS) is 18.4. The molecular formula is C29H33FN4O3. The molecule has 0 radical (unpaired) electrons. The fourth-order valence-corrected chi connectivity index (χ4v) is 5.20. The third-order valence-electron chi connectivity index (χ3n) is 7.18. The lowest BCUT2D eigenvalue weighted by atomic mass is 9.96. The Kier molecular flexibility index (Phi) is 7.28. The van der Waals surface area contributed by atoms with Gasteiger partial charge in [0.25, 0.3) is 0 Å². The maximum absolute atomic E-state index is 14.2. The highest BCUT2D eigenvalue weighted by molar-refractivity contribution is 5.99. The van der Waals surface area contributed by atoms with E-state index in [0.29, 0.717) is 45.0 Å². The third-order valence-corrected chi connectivity index (χ3v) is 7.18. The number of methoxy groups -OCH3 is 1. The van der Waals surface area contributed by atoms with Gasteiger partial charge in [0.2, 0.25) is 5.91 Å². The summed E-state index contributed by atoms with van der Waals surface area (Å²) in [5.74, 6) is 0.456. The van der Waals surface area contributed by atoms with Gasteiger partial charge in [-0.15, -0.1) is 0 Å². The van der Waals surface area contributed by atoms with Gasteiger partial charge >= 0.3 is 0 Å². The molecule has 0 saturated carbocycles. The Balaban J connectivity index is 1.41. The summed E-state index contributed by atoms with van der Waals surface area (Å²) < 4.78 is 27.3. The number of morpholine rings is 1. The average Bonchev–Trinajstić information content (AvgIpc) is 3.35. The number of imidazole rings is 1. The number of ether oxygens (including phenoxy) is 2. The Morgan fingerprint density at radius 1 is 1.11 bits per heavy atom. The monoisotopic (exact) mass is 504 g/mol. The minimum absolute atomic E-state index is 0.0179. The van der Waals surface area contributed by atoms with Crippen LogP contribution >= 0.6 is 0 Å². The van der Waals surface area contributed by atoms with Gasteiger partial charge in [-0.1, -0.05) is 12.1 Å². The van der Waals surface area contributed by atoms with Gasteiger partial charge in [0.15, 0.2) is 0 Å². The quantitative estimate of drug-likeness (QED) is 0.446. The second-order valence-electron chi connectivity index (χ2n) is 9.60. The van der Waals surface area contributed by atoms with Crippen LogP contribution < -0.4 is 9.64 Å². The Morgan fingerprint density at radius 3 is 2.65 bits per heavy atom. The van der Waals surface area contributed by atoms with Gasteiger partial charge in [-0.3, -0.25) is 4.79 Å². The Hall–Kier alpha value is -3.65. The summed E-state index contributed by atoms with van der Waals surface area (Å²) in [6.07, 6.45) is 7.25. The number of aromatic nitrogens is 2. The zero-order valence-electron chi connectivity index (χ0n) is 21.6. The van der Waals surface area contributed by atoms with Crippen molar-refractivity contribution in [1.29, 1.82) is 0 Å². The number of carbonyl (C=O) groups excluding carboxylic acids is 1. The van der Waals surface area contributed by atoms with Crippen LogP contribution in [0.2, 0.25) is 0 Å². The van der Waals surface area contributed by atoms with Crippen LogP contribution in [0.15, 0.2) is 54.5 Å². The number of hydrogen-bond acceptors (Lipinski definition) is 5. The minimum atomic E-state index is -0.272. The van der Waals surface area contributed by atoms with Gasteiger partial charge < -0.3 is 23.8 Å². The third kappa shape index (κ3) is 5.25. The minimum Gasteiger partial charge on any atom is -0.495 e. The molecule has 2 saturated heterocycles. The SMILES string of the molecule is COc1cc(C=C2CCCN(C(C)c3ccc(F)cc3N3CCOCC3)C2=O)ccc1-n1cnc(C)c1. The van der Waals surface area contributed by atoms with Crippen molar-refractivity contribution in [2.45, 2.75) is 32.7 Å². The number of piperidine rings is 1. The van der Waals surface area contributed by atoms with Crippen molar-refractivity contribution >= 4 is 17.7 Å². The Bertz CT molecular complexity index is 1310. The molecule has 8 heteroatoms. The number of anilines is 1. The fraction of sp³-hybridized carbons (Fsp3) is 0.379. The summed E-state index contributed by atoms with van der Waals surface area (Å²) in [5.41, 5.74) is 5.29. The van der Waals surface area contributed by atoms with Crippen molar-refractivity contribution in [3.63, 3.8) is 0 Å². The van der Waals surface area contributed by atoms with Crippen LogP contribution in [0.4, 0.5) is 10.1 Å². The maximum Gasteiger partial charge on any atom is 0.250 e. The molecule has 3 aromatic rings. The van der Waals surface area contributed by atoms with Gasteiger partial charge in [0, 0.05) is 37.1 Å². The van der Waals surface area contributed by atoms with Crippen LogP contribution in [0.3, 0.4) is 0 Å². The van der Waals surface area contributed by atoms with Gasteiger partial charge in [0.05, 0.1) is 44.1 Å². The molecule has 1 unspecified atom stereocenters. The molecule has 0 N–H and O–H groups in total. The van der Waals surface area contributed by atoms with E-state index in [1.165, 1.54) is 6.07 Å². The van der Waals surface area contributed by atoms with Crippen molar-refractivity contribution in [3.05, 3.63) is 77.1 Å². The number of rotatable bonds is 6. The van der Waals surface area contributed by atoms with E-state index in [0.717, 1.165) is 40.2 Å². The van der Waals surface area contributed by atoms with E-state index in [1.807, 2.05) is 59.9 Å². The molecule has 1 amide bonds.